The highest BCUT2D eigenvalue weighted by Crippen LogP contribution is 2.48. The van der Waals surface area contributed by atoms with E-state index in [2.05, 4.69) is 0 Å². The van der Waals surface area contributed by atoms with Crippen molar-refractivity contribution in [2.75, 3.05) is 7.11 Å². The summed E-state index contributed by atoms with van der Waals surface area (Å²) in [4.78, 5) is 17.6. The smallest absolute Gasteiger partial charge is 0.346 e. The van der Waals surface area contributed by atoms with Gasteiger partial charge in [0, 0.05) is 0 Å². The van der Waals surface area contributed by atoms with Crippen LogP contribution in [0, 0.1) is 0 Å². The normalized spacial score (nSPS) is 13.7. The van der Waals surface area contributed by atoms with Crippen molar-refractivity contribution in [2.45, 2.75) is 5.78 Å². The van der Waals surface area contributed by atoms with E-state index in [1.54, 1.807) is 12.1 Å². The zero-order chi connectivity index (χ0) is 10.8. The molecule has 1 atom stereocenters. The van der Waals surface area contributed by atoms with Gasteiger partial charge >= 0.3 is 7.60 Å². The zero-order valence-corrected chi connectivity index (χ0v) is 8.52. The van der Waals surface area contributed by atoms with Crippen molar-refractivity contribution < 1.29 is 19.1 Å². The van der Waals surface area contributed by atoms with Crippen LogP contribution in [0.25, 0.3) is 0 Å². The highest BCUT2D eigenvalue weighted by atomic mass is 31.2. The van der Waals surface area contributed by atoms with Crippen LogP contribution in [0.3, 0.4) is 0 Å². The molecule has 0 aliphatic carbocycles. The number of hydrogen-bond donors (Lipinski definition) is 3. The molecule has 0 aromatic heterocycles. The average molecular weight is 217 g/mol. The van der Waals surface area contributed by atoms with Gasteiger partial charge in [-0.15, -0.1) is 0 Å². The van der Waals surface area contributed by atoms with E-state index in [0.29, 0.717) is 11.3 Å². The fourth-order valence-corrected chi connectivity index (χ4v) is 1.56. The van der Waals surface area contributed by atoms with Crippen molar-refractivity contribution in [1.29, 1.82) is 0 Å². The van der Waals surface area contributed by atoms with E-state index in [1.165, 1.54) is 19.2 Å². The molecule has 0 heterocycles. The molecule has 1 rings (SSSR count). The predicted octanol–water partition coefficient (Wildman–Crippen LogP) is 0.830. The molecule has 0 radical (unpaired) electrons. The third kappa shape index (κ3) is 2.56. The predicted molar refractivity (Wildman–Crippen MR) is 52.0 cm³/mol. The summed E-state index contributed by atoms with van der Waals surface area (Å²) >= 11 is 0. The summed E-state index contributed by atoms with van der Waals surface area (Å²) in [5, 5.41) is 0. The number of methoxy groups -OCH3 is 1. The Morgan fingerprint density at radius 3 is 2.21 bits per heavy atom. The van der Waals surface area contributed by atoms with Crippen molar-refractivity contribution in [1.82, 2.24) is 0 Å². The van der Waals surface area contributed by atoms with Crippen molar-refractivity contribution in [3.05, 3.63) is 29.8 Å². The molecule has 0 fully saturated rings. The molecule has 0 aliphatic rings. The standard InChI is InChI=1S/C8H12NO4P/c1-13-7-4-2-6(3-5-7)8(9)14(10,11)12/h2-5,8H,9H2,1H3,(H2,10,11,12)/t8-/m0/s1. The topological polar surface area (TPSA) is 92.8 Å². The molecule has 0 spiro atoms. The van der Waals surface area contributed by atoms with Gasteiger partial charge in [0.2, 0.25) is 0 Å². The van der Waals surface area contributed by atoms with Gasteiger partial charge in [-0.3, -0.25) is 4.57 Å². The quantitative estimate of drug-likeness (QED) is 0.652. The highest BCUT2D eigenvalue weighted by Gasteiger charge is 2.25. The monoisotopic (exact) mass is 217 g/mol. The first-order valence-electron chi connectivity index (χ1n) is 3.90. The molecule has 0 amide bonds. The molecule has 0 bridgehead atoms. The van der Waals surface area contributed by atoms with Crippen LogP contribution in [0.5, 0.6) is 5.75 Å². The minimum Gasteiger partial charge on any atom is -0.497 e. The Morgan fingerprint density at radius 2 is 1.86 bits per heavy atom. The lowest BCUT2D eigenvalue weighted by molar-refractivity contribution is 0.359. The second kappa shape index (κ2) is 4.11. The number of hydrogen-bond acceptors (Lipinski definition) is 3. The summed E-state index contributed by atoms with van der Waals surface area (Å²) in [5.41, 5.74) is 5.75. The van der Waals surface area contributed by atoms with Crippen LogP contribution < -0.4 is 10.5 Å². The first-order chi connectivity index (χ1) is 6.45. The van der Waals surface area contributed by atoms with Gasteiger partial charge < -0.3 is 20.3 Å². The molecule has 0 saturated heterocycles. The lowest BCUT2D eigenvalue weighted by Crippen LogP contribution is -2.10. The van der Waals surface area contributed by atoms with Crippen LogP contribution in [0.15, 0.2) is 24.3 Å². The SMILES string of the molecule is COc1ccc([C@@H](N)P(=O)(O)O)cc1. The van der Waals surface area contributed by atoms with Gasteiger partial charge in [-0.1, -0.05) is 12.1 Å². The van der Waals surface area contributed by atoms with E-state index in [-0.39, 0.29) is 0 Å². The maximum Gasteiger partial charge on any atom is 0.346 e. The fourth-order valence-electron chi connectivity index (χ4n) is 0.995. The second-order valence-corrected chi connectivity index (χ2v) is 4.54. The van der Waals surface area contributed by atoms with Crippen LogP contribution in [0.4, 0.5) is 0 Å². The maximum atomic E-state index is 10.8. The Kier molecular flexibility index (Phi) is 3.29. The summed E-state index contributed by atoms with van der Waals surface area (Å²) in [7, 11) is -2.75. The Balaban J connectivity index is 2.92. The van der Waals surface area contributed by atoms with Crippen LogP contribution >= 0.6 is 7.60 Å². The number of rotatable bonds is 3. The number of ether oxygens (including phenoxy) is 1. The molecule has 1 aromatic rings. The van der Waals surface area contributed by atoms with Gasteiger partial charge in [0.15, 0.2) is 0 Å². The maximum absolute atomic E-state index is 10.8. The van der Waals surface area contributed by atoms with E-state index in [0.717, 1.165) is 0 Å². The second-order valence-electron chi connectivity index (χ2n) is 2.81. The van der Waals surface area contributed by atoms with Crippen LogP contribution in [0.2, 0.25) is 0 Å². The first kappa shape index (κ1) is 11.2. The number of nitrogens with two attached hydrogens (primary N) is 1. The summed E-state index contributed by atoms with van der Waals surface area (Å²) in [6.07, 6.45) is 0. The van der Waals surface area contributed by atoms with Crippen LogP contribution in [-0.2, 0) is 4.57 Å². The van der Waals surface area contributed by atoms with E-state index in [1.807, 2.05) is 0 Å². The third-order valence-electron chi connectivity index (χ3n) is 1.82. The highest BCUT2D eigenvalue weighted by molar-refractivity contribution is 7.52. The van der Waals surface area contributed by atoms with Gasteiger partial charge in [-0.2, -0.15) is 0 Å². The van der Waals surface area contributed by atoms with Gasteiger partial charge in [0.25, 0.3) is 0 Å². The molecule has 78 valence electrons. The lowest BCUT2D eigenvalue weighted by atomic mass is 10.2. The minimum atomic E-state index is -4.27. The van der Waals surface area contributed by atoms with Crippen molar-refractivity contribution >= 4 is 7.60 Å². The Bertz CT molecular complexity index is 345. The number of benzene rings is 1. The van der Waals surface area contributed by atoms with E-state index < -0.39 is 13.4 Å². The summed E-state index contributed by atoms with van der Waals surface area (Å²) < 4.78 is 15.7. The molecular weight excluding hydrogens is 205 g/mol. The van der Waals surface area contributed by atoms with Gasteiger partial charge in [0.1, 0.15) is 11.5 Å². The van der Waals surface area contributed by atoms with E-state index >= 15 is 0 Å². The first-order valence-corrected chi connectivity index (χ1v) is 5.58. The summed E-state index contributed by atoms with van der Waals surface area (Å²) in [6.45, 7) is 0. The molecule has 1 aromatic carbocycles. The largest absolute Gasteiger partial charge is 0.497 e. The van der Waals surface area contributed by atoms with Crippen LogP contribution in [0.1, 0.15) is 11.3 Å². The molecule has 4 N–H and O–H groups in total. The molecule has 6 heteroatoms. The molecule has 0 unspecified atom stereocenters. The summed E-state index contributed by atoms with van der Waals surface area (Å²) in [5.74, 6) is -0.653. The van der Waals surface area contributed by atoms with Gasteiger partial charge in [-0.05, 0) is 17.7 Å². The molecule has 14 heavy (non-hydrogen) atoms. The van der Waals surface area contributed by atoms with E-state index in [9.17, 15) is 4.57 Å². The lowest BCUT2D eigenvalue weighted by Gasteiger charge is -2.13. The molecule has 0 aliphatic heterocycles. The Hall–Kier alpha value is -0.870. The molecular formula is C8H12NO4P. The van der Waals surface area contributed by atoms with Gasteiger partial charge in [-0.25, -0.2) is 0 Å². The average Bonchev–Trinajstić information content (AvgIpc) is 2.15. The Morgan fingerprint density at radius 1 is 1.36 bits per heavy atom. The minimum absolute atomic E-state index is 0.388. The summed E-state index contributed by atoms with van der Waals surface area (Å²) in [6, 6.07) is 6.26. The van der Waals surface area contributed by atoms with Crippen molar-refractivity contribution in [2.24, 2.45) is 5.73 Å². The third-order valence-corrected chi connectivity index (χ3v) is 2.84. The van der Waals surface area contributed by atoms with Crippen molar-refractivity contribution in [3.8, 4) is 5.75 Å². The van der Waals surface area contributed by atoms with Gasteiger partial charge in [0.05, 0.1) is 7.11 Å². The van der Waals surface area contributed by atoms with Crippen molar-refractivity contribution in [3.63, 3.8) is 0 Å². The molecule has 0 saturated carbocycles. The Labute approximate surface area is 81.7 Å². The molecule has 5 nitrogen and oxygen atoms in total. The fraction of sp³-hybridized carbons (Fsp3) is 0.250. The van der Waals surface area contributed by atoms with E-state index in [4.69, 9.17) is 20.3 Å². The van der Waals surface area contributed by atoms with Crippen LogP contribution in [-0.4, -0.2) is 16.9 Å². The zero-order valence-electron chi connectivity index (χ0n) is 7.62.